The van der Waals surface area contributed by atoms with Crippen LogP contribution in [0, 0.1) is 10.1 Å². The van der Waals surface area contributed by atoms with Crippen molar-refractivity contribution in [2.24, 2.45) is 0 Å². The molecular formula is C12H11N3O3. The van der Waals surface area contributed by atoms with Gasteiger partial charge in [-0.1, -0.05) is 30.3 Å². The van der Waals surface area contributed by atoms with Gasteiger partial charge >= 0.3 is 5.69 Å². The van der Waals surface area contributed by atoms with Gasteiger partial charge in [-0.2, -0.15) is 0 Å². The maximum atomic E-state index is 10.8. The molecule has 1 heterocycles. The van der Waals surface area contributed by atoms with E-state index in [9.17, 15) is 10.1 Å². The highest BCUT2D eigenvalue weighted by atomic mass is 16.6. The van der Waals surface area contributed by atoms with Gasteiger partial charge in [-0.25, -0.2) is 4.98 Å². The lowest BCUT2D eigenvalue weighted by molar-refractivity contribution is -0.386. The van der Waals surface area contributed by atoms with Gasteiger partial charge in [0.1, 0.15) is 18.6 Å². The molecule has 1 aromatic carbocycles. The van der Waals surface area contributed by atoms with Crippen LogP contribution in [0.25, 0.3) is 0 Å². The lowest BCUT2D eigenvalue weighted by Gasteiger charge is -2.06. The van der Waals surface area contributed by atoms with Crippen LogP contribution in [0.4, 0.5) is 11.5 Å². The largest absolute Gasteiger partial charge is 0.482 e. The van der Waals surface area contributed by atoms with Crippen molar-refractivity contribution in [2.75, 3.05) is 5.73 Å². The molecule has 6 heteroatoms. The molecule has 0 unspecified atom stereocenters. The van der Waals surface area contributed by atoms with Gasteiger partial charge in [0, 0.05) is 6.07 Å². The fraction of sp³-hybridized carbons (Fsp3) is 0.0833. The third kappa shape index (κ3) is 2.73. The van der Waals surface area contributed by atoms with E-state index in [1.807, 2.05) is 30.3 Å². The van der Waals surface area contributed by atoms with Crippen molar-refractivity contribution in [2.45, 2.75) is 6.61 Å². The smallest absolute Gasteiger partial charge is 0.329 e. The van der Waals surface area contributed by atoms with Crippen molar-refractivity contribution in [3.8, 4) is 5.75 Å². The van der Waals surface area contributed by atoms with Gasteiger partial charge in [0.05, 0.1) is 4.92 Å². The van der Waals surface area contributed by atoms with Crippen molar-refractivity contribution < 1.29 is 9.66 Å². The Bertz CT molecular complexity index is 558. The van der Waals surface area contributed by atoms with Crippen LogP contribution in [0.15, 0.2) is 42.6 Å². The summed E-state index contributed by atoms with van der Waals surface area (Å²) in [5.74, 6) is 0.306. The number of rotatable bonds is 4. The standard InChI is InChI=1S/C12H11N3O3/c13-12-6-11(10(7-14-12)15(16)17)18-8-9-4-2-1-3-5-9/h1-7H,8H2,(H2,13,14). The second kappa shape index (κ2) is 5.13. The van der Waals surface area contributed by atoms with Gasteiger partial charge in [0.25, 0.3) is 0 Å². The molecule has 0 spiro atoms. The molecule has 6 nitrogen and oxygen atoms in total. The Morgan fingerprint density at radius 3 is 2.72 bits per heavy atom. The molecule has 0 atom stereocenters. The number of anilines is 1. The van der Waals surface area contributed by atoms with Gasteiger partial charge in [-0.3, -0.25) is 10.1 Å². The number of aromatic nitrogens is 1. The van der Waals surface area contributed by atoms with Gasteiger partial charge in [0.15, 0.2) is 0 Å². The highest BCUT2D eigenvalue weighted by Crippen LogP contribution is 2.27. The zero-order chi connectivity index (χ0) is 13.0. The van der Waals surface area contributed by atoms with Crippen molar-refractivity contribution >= 4 is 11.5 Å². The van der Waals surface area contributed by atoms with E-state index in [2.05, 4.69) is 4.98 Å². The van der Waals surface area contributed by atoms with Crippen molar-refractivity contribution in [3.63, 3.8) is 0 Å². The molecule has 0 amide bonds. The molecule has 0 saturated heterocycles. The second-order valence-electron chi connectivity index (χ2n) is 3.61. The number of nitrogen functional groups attached to an aromatic ring is 1. The Balaban J connectivity index is 2.18. The third-order valence-electron chi connectivity index (χ3n) is 2.30. The second-order valence-corrected chi connectivity index (χ2v) is 3.61. The van der Waals surface area contributed by atoms with Gasteiger partial charge < -0.3 is 10.5 Å². The molecule has 2 rings (SSSR count). The first kappa shape index (κ1) is 11.8. The highest BCUT2D eigenvalue weighted by molar-refractivity contribution is 5.50. The van der Waals surface area contributed by atoms with Gasteiger partial charge in [0.2, 0.25) is 5.75 Å². The summed E-state index contributed by atoms with van der Waals surface area (Å²) >= 11 is 0. The molecule has 0 aliphatic heterocycles. The Morgan fingerprint density at radius 2 is 2.06 bits per heavy atom. The summed E-state index contributed by atoms with van der Waals surface area (Å²) in [6, 6.07) is 10.7. The number of hydrogen-bond acceptors (Lipinski definition) is 5. The summed E-state index contributed by atoms with van der Waals surface area (Å²) in [6.45, 7) is 0.241. The predicted octanol–water partition coefficient (Wildman–Crippen LogP) is 2.15. The van der Waals surface area contributed by atoms with Crippen LogP contribution in [-0.4, -0.2) is 9.91 Å². The average Bonchev–Trinajstić information content (AvgIpc) is 2.37. The van der Waals surface area contributed by atoms with Crippen LogP contribution in [0.5, 0.6) is 5.75 Å². The van der Waals surface area contributed by atoms with Crippen LogP contribution in [0.1, 0.15) is 5.56 Å². The molecule has 1 aromatic heterocycles. The van der Waals surface area contributed by atoms with E-state index in [0.717, 1.165) is 11.8 Å². The number of ether oxygens (including phenoxy) is 1. The normalized spacial score (nSPS) is 10.0. The number of nitro groups is 1. The van der Waals surface area contributed by atoms with E-state index < -0.39 is 4.92 Å². The van der Waals surface area contributed by atoms with Crippen LogP contribution >= 0.6 is 0 Å². The van der Waals surface area contributed by atoms with Crippen molar-refractivity contribution in [1.29, 1.82) is 0 Å². The van der Waals surface area contributed by atoms with Gasteiger partial charge in [-0.15, -0.1) is 0 Å². The Hall–Kier alpha value is -2.63. The molecule has 0 bridgehead atoms. The summed E-state index contributed by atoms with van der Waals surface area (Å²) in [6.07, 6.45) is 1.09. The van der Waals surface area contributed by atoms with Crippen molar-refractivity contribution in [3.05, 3.63) is 58.3 Å². The first-order valence-corrected chi connectivity index (χ1v) is 5.23. The third-order valence-corrected chi connectivity index (χ3v) is 2.30. The summed E-state index contributed by atoms with van der Waals surface area (Å²) in [5, 5.41) is 10.8. The molecule has 0 saturated carbocycles. The number of nitrogens with two attached hydrogens (primary N) is 1. The monoisotopic (exact) mass is 245 g/mol. The molecule has 0 aliphatic rings. The van der Waals surface area contributed by atoms with E-state index in [4.69, 9.17) is 10.5 Å². The van der Waals surface area contributed by atoms with Crippen molar-refractivity contribution in [1.82, 2.24) is 4.98 Å². The average molecular weight is 245 g/mol. The quantitative estimate of drug-likeness (QED) is 0.658. The van der Waals surface area contributed by atoms with Crippen LogP contribution in [0.3, 0.4) is 0 Å². The summed E-state index contributed by atoms with van der Waals surface area (Å²) in [4.78, 5) is 13.9. The molecule has 0 radical (unpaired) electrons. The topological polar surface area (TPSA) is 91.3 Å². The zero-order valence-electron chi connectivity index (χ0n) is 9.45. The van der Waals surface area contributed by atoms with E-state index in [-0.39, 0.29) is 23.9 Å². The Morgan fingerprint density at radius 1 is 1.33 bits per heavy atom. The summed E-state index contributed by atoms with van der Waals surface area (Å²) in [7, 11) is 0. The lowest BCUT2D eigenvalue weighted by Crippen LogP contribution is -2.01. The number of hydrogen-bond donors (Lipinski definition) is 1. The molecule has 2 N–H and O–H groups in total. The minimum Gasteiger partial charge on any atom is -0.482 e. The summed E-state index contributed by atoms with van der Waals surface area (Å²) < 4.78 is 5.40. The number of pyridine rings is 1. The fourth-order valence-corrected chi connectivity index (χ4v) is 1.43. The minimum absolute atomic E-state index is 0.122. The molecular weight excluding hydrogens is 234 g/mol. The van der Waals surface area contributed by atoms with E-state index in [1.54, 1.807) is 0 Å². The van der Waals surface area contributed by atoms with Crippen LogP contribution < -0.4 is 10.5 Å². The zero-order valence-corrected chi connectivity index (χ0v) is 9.45. The maximum absolute atomic E-state index is 10.8. The molecule has 92 valence electrons. The van der Waals surface area contributed by atoms with E-state index in [0.29, 0.717) is 0 Å². The number of nitrogens with zero attached hydrogens (tertiary/aromatic N) is 2. The highest BCUT2D eigenvalue weighted by Gasteiger charge is 2.16. The molecule has 18 heavy (non-hydrogen) atoms. The first-order valence-electron chi connectivity index (χ1n) is 5.23. The van der Waals surface area contributed by atoms with E-state index >= 15 is 0 Å². The lowest BCUT2D eigenvalue weighted by atomic mass is 10.2. The predicted molar refractivity (Wildman–Crippen MR) is 66.1 cm³/mol. The SMILES string of the molecule is Nc1cc(OCc2ccccc2)c([N+](=O)[O-])cn1. The van der Waals surface area contributed by atoms with Crippen LogP contribution in [0.2, 0.25) is 0 Å². The van der Waals surface area contributed by atoms with Gasteiger partial charge in [-0.05, 0) is 5.56 Å². The van der Waals surface area contributed by atoms with E-state index in [1.165, 1.54) is 6.07 Å². The molecule has 0 aliphatic carbocycles. The Kier molecular flexibility index (Phi) is 3.38. The first-order chi connectivity index (χ1) is 8.66. The maximum Gasteiger partial charge on any atom is 0.329 e. The summed E-state index contributed by atoms with van der Waals surface area (Å²) in [5.41, 5.74) is 6.21. The molecule has 0 fully saturated rings. The minimum atomic E-state index is -0.549. The molecule has 2 aromatic rings. The van der Waals surface area contributed by atoms with Crippen LogP contribution in [-0.2, 0) is 6.61 Å². The Labute approximate surface area is 103 Å². The number of benzene rings is 1. The fourth-order valence-electron chi connectivity index (χ4n) is 1.43.